The third-order valence-electron chi connectivity index (χ3n) is 4.48. The van der Waals surface area contributed by atoms with Gasteiger partial charge >= 0.3 is 0 Å². The summed E-state index contributed by atoms with van der Waals surface area (Å²) in [6.07, 6.45) is 0. The summed E-state index contributed by atoms with van der Waals surface area (Å²) in [5, 5.41) is 3.09. The van der Waals surface area contributed by atoms with Gasteiger partial charge in [0.25, 0.3) is 5.91 Å². The van der Waals surface area contributed by atoms with Gasteiger partial charge in [-0.1, -0.05) is 0 Å². The second kappa shape index (κ2) is 5.36. The van der Waals surface area contributed by atoms with Crippen LogP contribution in [0.2, 0.25) is 0 Å². The number of carbonyl (C=O) groups is 1. The van der Waals surface area contributed by atoms with Crippen molar-refractivity contribution >= 4 is 27.5 Å². The smallest absolute Gasteiger partial charge is 0.251 e. The van der Waals surface area contributed by atoms with Crippen molar-refractivity contribution in [1.82, 2.24) is 20.1 Å². The molecule has 0 saturated carbocycles. The fourth-order valence-electron chi connectivity index (χ4n) is 3.23. The van der Waals surface area contributed by atoms with Gasteiger partial charge in [0.1, 0.15) is 0 Å². The molecule has 1 unspecified atom stereocenters. The summed E-state index contributed by atoms with van der Waals surface area (Å²) in [5.74, 6) is 0.0166. The van der Waals surface area contributed by atoms with Gasteiger partial charge in [0, 0.05) is 50.9 Å². The van der Waals surface area contributed by atoms with Crippen LogP contribution in [-0.4, -0.2) is 66.0 Å². The molecule has 1 aromatic carbocycles. The predicted molar refractivity (Wildman–Crippen MR) is 83.8 cm³/mol. The van der Waals surface area contributed by atoms with E-state index in [0.717, 1.165) is 42.0 Å². The van der Waals surface area contributed by atoms with Crippen molar-refractivity contribution < 1.29 is 4.79 Å². The lowest BCUT2D eigenvalue weighted by atomic mass is 10.1. The molecule has 6 heteroatoms. The Bertz CT molecular complexity index is 662. The van der Waals surface area contributed by atoms with E-state index in [1.807, 2.05) is 23.7 Å². The third kappa shape index (κ3) is 2.54. The van der Waals surface area contributed by atoms with Crippen LogP contribution in [0.15, 0.2) is 23.7 Å². The average Bonchev–Trinajstić information content (AvgIpc) is 3.01. The third-order valence-corrected chi connectivity index (χ3v) is 5.28. The fourth-order valence-corrected chi connectivity index (χ4v) is 3.94. The van der Waals surface area contributed by atoms with E-state index in [-0.39, 0.29) is 5.91 Å². The molecule has 3 aliphatic heterocycles. The van der Waals surface area contributed by atoms with Gasteiger partial charge in [-0.3, -0.25) is 14.6 Å². The van der Waals surface area contributed by atoms with Crippen LogP contribution in [0.3, 0.4) is 0 Å². The molecule has 0 spiro atoms. The Labute approximate surface area is 127 Å². The largest absolute Gasteiger partial charge is 0.350 e. The van der Waals surface area contributed by atoms with Gasteiger partial charge in [0.15, 0.2) is 0 Å². The number of nitrogens with one attached hydrogen (secondary N) is 1. The van der Waals surface area contributed by atoms with E-state index in [2.05, 4.69) is 20.1 Å². The molecule has 1 aromatic heterocycles. The minimum absolute atomic E-state index is 0.0166. The topological polar surface area (TPSA) is 48.5 Å². The molecule has 5 rings (SSSR count). The molecule has 0 aliphatic carbocycles. The lowest BCUT2D eigenvalue weighted by molar-refractivity contribution is 0.0138. The van der Waals surface area contributed by atoms with E-state index in [1.165, 1.54) is 13.1 Å². The molecule has 2 aromatic rings. The Morgan fingerprint density at radius 2 is 2.19 bits per heavy atom. The maximum atomic E-state index is 12.3. The highest BCUT2D eigenvalue weighted by molar-refractivity contribution is 7.16. The molecule has 0 radical (unpaired) electrons. The van der Waals surface area contributed by atoms with Gasteiger partial charge in [0.2, 0.25) is 0 Å². The van der Waals surface area contributed by atoms with E-state index < -0.39 is 0 Å². The van der Waals surface area contributed by atoms with E-state index in [0.29, 0.717) is 6.04 Å². The van der Waals surface area contributed by atoms with Crippen molar-refractivity contribution in [2.75, 3.05) is 39.3 Å². The van der Waals surface area contributed by atoms with Crippen molar-refractivity contribution in [3.05, 3.63) is 29.3 Å². The molecule has 5 nitrogen and oxygen atoms in total. The highest BCUT2D eigenvalue weighted by Gasteiger charge is 2.31. The number of hydrogen-bond acceptors (Lipinski definition) is 5. The number of benzene rings is 1. The van der Waals surface area contributed by atoms with Crippen molar-refractivity contribution in [3.8, 4) is 0 Å². The molecule has 2 bridgehead atoms. The van der Waals surface area contributed by atoms with Crippen molar-refractivity contribution in [2.45, 2.75) is 6.04 Å². The summed E-state index contributed by atoms with van der Waals surface area (Å²) >= 11 is 1.57. The van der Waals surface area contributed by atoms with Crippen LogP contribution in [0.1, 0.15) is 10.4 Å². The van der Waals surface area contributed by atoms with Crippen LogP contribution in [0.25, 0.3) is 10.2 Å². The highest BCUT2D eigenvalue weighted by Crippen LogP contribution is 2.19. The maximum absolute atomic E-state index is 12.3. The van der Waals surface area contributed by atoms with Gasteiger partial charge in [0.05, 0.1) is 15.7 Å². The number of amides is 1. The van der Waals surface area contributed by atoms with Gasteiger partial charge in [-0.05, 0) is 18.2 Å². The number of nitrogens with zero attached hydrogens (tertiary/aromatic N) is 3. The van der Waals surface area contributed by atoms with Crippen LogP contribution in [0.4, 0.5) is 0 Å². The molecule has 4 heterocycles. The monoisotopic (exact) mass is 302 g/mol. The van der Waals surface area contributed by atoms with Gasteiger partial charge in [-0.25, -0.2) is 4.98 Å². The van der Waals surface area contributed by atoms with E-state index >= 15 is 0 Å². The number of aromatic nitrogens is 1. The number of piperazine rings is 3. The van der Waals surface area contributed by atoms with E-state index in [1.54, 1.807) is 11.3 Å². The van der Waals surface area contributed by atoms with E-state index in [9.17, 15) is 4.79 Å². The minimum atomic E-state index is 0.0166. The van der Waals surface area contributed by atoms with Crippen LogP contribution >= 0.6 is 11.3 Å². The lowest BCUT2D eigenvalue weighted by Gasteiger charge is -2.47. The Hall–Kier alpha value is -1.50. The van der Waals surface area contributed by atoms with Gasteiger partial charge in [-0.15, -0.1) is 11.3 Å². The molecule has 3 aliphatic rings. The number of hydrogen-bond donors (Lipinski definition) is 1. The zero-order valence-corrected chi connectivity index (χ0v) is 12.6. The number of rotatable bonds is 3. The Morgan fingerprint density at radius 1 is 1.33 bits per heavy atom. The minimum Gasteiger partial charge on any atom is -0.350 e. The summed E-state index contributed by atoms with van der Waals surface area (Å²) in [6, 6.07) is 6.16. The van der Waals surface area contributed by atoms with Crippen LogP contribution in [0, 0.1) is 0 Å². The lowest BCUT2D eigenvalue weighted by Crippen LogP contribution is -2.63. The molecule has 3 fully saturated rings. The number of fused-ring (bicyclic) bond motifs is 4. The average molecular weight is 302 g/mol. The van der Waals surface area contributed by atoms with Crippen molar-refractivity contribution in [2.24, 2.45) is 0 Å². The second-order valence-electron chi connectivity index (χ2n) is 5.74. The van der Waals surface area contributed by atoms with Gasteiger partial charge in [-0.2, -0.15) is 0 Å². The van der Waals surface area contributed by atoms with E-state index in [4.69, 9.17) is 0 Å². The molecular weight excluding hydrogens is 284 g/mol. The normalized spacial score (nSPS) is 27.9. The zero-order valence-electron chi connectivity index (χ0n) is 11.8. The number of thiazole rings is 1. The number of carbonyl (C=O) groups excluding carboxylic acids is 1. The van der Waals surface area contributed by atoms with Crippen molar-refractivity contribution in [1.29, 1.82) is 0 Å². The molecular formula is C15H18N4OS. The molecule has 21 heavy (non-hydrogen) atoms. The first-order valence-corrected chi connectivity index (χ1v) is 8.25. The highest BCUT2D eigenvalue weighted by atomic mass is 32.1. The van der Waals surface area contributed by atoms with Crippen molar-refractivity contribution in [3.63, 3.8) is 0 Å². The first-order valence-electron chi connectivity index (χ1n) is 7.37. The summed E-state index contributed by atoms with van der Waals surface area (Å²) in [6.45, 7) is 6.42. The van der Waals surface area contributed by atoms with Crippen LogP contribution in [-0.2, 0) is 0 Å². The van der Waals surface area contributed by atoms with Crippen LogP contribution in [0.5, 0.6) is 0 Å². The molecule has 1 amide bonds. The first-order chi connectivity index (χ1) is 10.3. The van der Waals surface area contributed by atoms with Crippen LogP contribution < -0.4 is 5.32 Å². The summed E-state index contributed by atoms with van der Waals surface area (Å²) in [5.41, 5.74) is 3.50. The molecule has 1 N–H and O–H groups in total. The fraction of sp³-hybridized carbons (Fsp3) is 0.467. The summed E-state index contributed by atoms with van der Waals surface area (Å²) in [4.78, 5) is 21.5. The molecule has 110 valence electrons. The Morgan fingerprint density at radius 3 is 2.95 bits per heavy atom. The summed E-state index contributed by atoms with van der Waals surface area (Å²) < 4.78 is 1.06. The Balaban J connectivity index is 1.41. The molecule has 3 saturated heterocycles. The standard InChI is InChI=1S/C15H18N4OS/c20-15(11-1-2-13-14(7-11)21-10-17-13)16-8-12-9-18-3-5-19(12)6-4-18/h1-2,7,10,12H,3-6,8-9H2,(H,16,20). The molecule has 1 atom stereocenters. The van der Waals surface area contributed by atoms with Gasteiger partial charge < -0.3 is 5.32 Å². The maximum Gasteiger partial charge on any atom is 0.251 e. The Kier molecular flexibility index (Phi) is 3.37. The first kappa shape index (κ1) is 13.2. The second-order valence-corrected chi connectivity index (χ2v) is 6.62. The quantitative estimate of drug-likeness (QED) is 0.920. The summed E-state index contributed by atoms with van der Waals surface area (Å²) in [7, 11) is 0. The predicted octanol–water partition coefficient (Wildman–Crippen LogP) is 1.03. The zero-order chi connectivity index (χ0) is 14.2. The SMILES string of the molecule is O=C(NCC1CN2CCN1CC2)c1ccc2ncsc2c1.